The van der Waals surface area contributed by atoms with Crippen LogP contribution in [0.1, 0.15) is 29.4 Å². The highest BCUT2D eigenvalue weighted by Gasteiger charge is 2.37. The number of carbonyl (C=O) groups is 2. The van der Waals surface area contributed by atoms with Gasteiger partial charge in [-0.3, -0.25) is 9.59 Å². The third kappa shape index (κ3) is 3.44. The van der Waals surface area contributed by atoms with E-state index < -0.39 is 6.04 Å². The van der Waals surface area contributed by atoms with Gasteiger partial charge in [0.05, 0.1) is 4.88 Å². The molecule has 2 aromatic rings. The largest absolute Gasteiger partial charge is 0.339 e. The smallest absolute Gasteiger partial charge is 0.262 e. The number of rotatable bonds is 6. The molecule has 0 bridgehead atoms. The van der Waals surface area contributed by atoms with Crippen LogP contribution in [0.5, 0.6) is 0 Å². The van der Waals surface area contributed by atoms with E-state index in [1.54, 1.807) is 0 Å². The summed E-state index contributed by atoms with van der Waals surface area (Å²) in [7, 11) is 1.91. The van der Waals surface area contributed by atoms with Gasteiger partial charge in [0, 0.05) is 17.3 Å². The topological polar surface area (TPSA) is 61.4 Å². The first kappa shape index (κ1) is 16.9. The molecular weight excluding hydrogens is 322 g/mol. The van der Waals surface area contributed by atoms with Crippen LogP contribution in [0.15, 0.2) is 30.3 Å². The van der Waals surface area contributed by atoms with Crippen molar-refractivity contribution in [3.8, 4) is 0 Å². The summed E-state index contributed by atoms with van der Waals surface area (Å²) in [5, 5.41) is 7.08. The van der Waals surface area contributed by atoms with Gasteiger partial charge in [-0.2, -0.15) is 0 Å². The van der Waals surface area contributed by atoms with Crippen LogP contribution in [0, 0.1) is 0 Å². The number of hydrogen-bond donors (Lipinski definition) is 2. The van der Waals surface area contributed by atoms with Crippen LogP contribution in [0.4, 0.5) is 0 Å². The summed E-state index contributed by atoms with van der Waals surface area (Å²) >= 11 is 1.46. The maximum atomic E-state index is 12.5. The van der Waals surface area contributed by atoms with Gasteiger partial charge in [0.25, 0.3) is 5.91 Å². The number of amides is 2. The normalized spacial score (nSPS) is 20.8. The van der Waals surface area contributed by atoms with E-state index >= 15 is 0 Å². The molecule has 0 radical (unpaired) electrons. The van der Waals surface area contributed by atoms with E-state index in [1.807, 2.05) is 49.2 Å². The zero-order valence-electron chi connectivity index (χ0n) is 14.0. The van der Waals surface area contributed by atoms with Crippen LogP contribution in [0.25, 0.3) is 10.1 Å². The van der Waals surface area contributed by atoms with Gasteiger partial charge in [-0.25, -0.2) is 0 Å². The fourth-order valence-corrected chi connectivity index (χ4v) is 4.15. The van der Waals surface area contributed by atoms with E-state index in [0.717, 1.165) is 29.6 Å². The second-order valence-electron chi connectivity index (χ2n) is 6.25. The monoisotopic (exact) mass is 345 g/mol. The molecule has 5 nitrogen and oxygen atoms in total. The minimum absolute atomic E-state index is 0.0352. The Morgan fingerprint density at radius 1 is 1.38 bits per heavy atom. The van der Waals surface area contributed by atoms with Crippen molar-refractivity contribution < 1.29 is 9.59 Å². The van der Waals surface area contributed by atoms with Crippen molar-refractivity contribution in [3.05, 3.63) is 35.2 Å². The maximum Gasteiger partial charge on any atom is 0.262 e. The molecule has 24 heavy (non-hydrogen) atoms. The third-order valence-electron chi connectivity index (χ3n) is 4.47. The Morgan fingerprint density at radius 2 is 2.17 bits per heavy atom. The Morgan fingerprint density at radius 3 is 2.92 bits per heavy atom. The van der Waals surface area contributed by atoms with E-state index in [-0.39, 0.29) is 17.9 Å². The van der Waals surface area contributed by atoms with Gasteiger partial charge >= 0.3 is 0 Å². The standard InChI is InChI=1S/C18H23N3O2S/c1-12-10-14(18(23)21(12)9-5-8-19-2)20-17(22)16-11-13-6-3-4-7-15(13)24-16/h3-4,6-7,11-12,14,19H,5,8-10H2,1-2H3,(H,20,22). The van der Waals surface area contributed by atoms with E-state index in [4.69, 9.17) is 0 Å². The summed E-state index contributed by atoms with van der Waals surface area (Å²) < 4.78 is 1.09. The average Bonchev–Trinajstić information content (AvgIpc) is 3.11. The summed E-state index contributed by atoms with van der Waals surface area (Å²) in [4.78, 5) is 27.6. The van der Waals surface area contributed by atoms with Gasteiger partial charge < -0.3 is 15.5 Å². The molecule has 1 aromatic heterocycles. The van der Waals surface area contributed by atoms with E-state index in [9.17, 15) is 9.59 Å². The molecule has 1 saturated heterocycles. The Hall–Kier alpha value is -1.92. The van der Waals surface area contributed by atoms with Gasteiger partial charge in [0.2, 0.25) is 5.91 Å². The molecule has 2 heterocycles. The number of likely N-dealkylation sites (tertiary alicyclic amines) is 1. The van der Waals surface area contributed by atoms with E-state index in [0.29, 0.717) is 11.3 Å². The maximum absolute atomic E-state index is 12.5. The molecule has 2 unspecified atom stereocenters. The number of nitrogens with one attached hydrogen (secondary N) is 2. The number of hydrogen-bond acceptors (Lipinski definition) is 4. The van der Waals surface area contributed by atoms with Crippen LogP contribution in [-0.2, 0) is 4.79 Å². The van der Waals surface area contributed by atoms with Crippen molar-refractivity contribution in [2.24, 2.45) is 0 Å². The molecular formula is C18H23N3O2S. The Kier molecular flexibility index (Phi) is 5.16. The summed E-state index contributed by atoms with van der Waals surface area (Å²) in [5.41, 5.74) is 0. The van der Waals surface area contributed by atoms with Crippen molar-refractivity contribution in [2.45, 2.75) is 31.8 Å². The second-order valence-corrected chi connectivity index (χ2v) is 7.33. The Balaban J connectivity index is 1.65. The van der Waals surface area contributed by atoms with Gasteiger partial charge in [-0.15, -0.1) is 11.3 Å². The summed E-state index contributed by atoms with van der Waals surface area (Å²) in [5.74, 6) is -0.119. The molecule has 128 valence electrons. The Labute approximate surface area is 146 Å². The summed E-state index contributed by atoms with van der Waals surface area (Å²) in [6, 6.07) is 9.57. The van der Waals surface area contributed by atoms with E-state index in [1.165, 1.54) is 11.3 Å². The van der Waals surface area contributed by atoms with Crippen molar-refractivity contribution in [1.82, 2.24) is 15.5 Å². The SMILES string of the molecule is CNCCCN1C(=O)C(NC(=O)c2cc3ccccc3s2)CC1C. The Bertz CT molecular complexity index is 710. The zero-order chi connectivity index (χ0) is 17.1. The molecule has 1 aromatic carbocycles. The number of nitrogens with zero attached hydrogens (tertiary/aromatic N) is 1. The van der Waals surface area contributed by atoms with Crippen molar-refractivity contribution in [2.75, 3.05) is 20.1 Å². The quantitative estimate of drug-likeness (QED) is 0.789. The first-order valence-corrected chi connectivity index (χ1v) is 9.16. The average molecular weight is 345 g/mol. The fraction of sp³-hybridized carbons (Fsp3) is 0.444. The number of fused-ring (bicyclic) bond motifs is 1. The van der Waals surface area contributed by atoms with Crippen LogP contribution in [0.3, 0.4) is 0 Å². The molecule has 1 aliphatic rings. The molecule has 1 fully saturated rings. The second kappa shape index (κ2) is 7.32. The molecule has 0 saturated carbocycles. The van der Waals surface area contributed by atoms with Gasteiger partial charge in [-0.1, -0.05) is 18.2 Å². The molecule has 0 spiro atoms. The van der Waals surface area contributed by atoms with Gasteiger partial charge in [-0.05, 0) is 50.9 Å². The van der Waals surface area contributed by atoms with Crippen LogP contribution in [-0.4, -0.2) is 48.9 Å². The molecule has 3 rings (SSSR count). The van der Waals surface area contributed by atoms with Gasteiger partial charge in [0.1, 0.15) is 6.04 Å². The lowest BCUT2D eigenvalue weighted by molar-refractivity contribution is -0.130. The molecule has 0 aliphatic carbocycles. The molecule has 2 amide bonds. The number of carbonyl (C=O) groups excluding carboxylic acids is 2. The number of thiophene rings is 1. The van der Waals surface area contributed by atoms with Crippen molar-refractivity contribution >= 4 is 33.2 Å². The minimum atomic E-state index is -0.410. The summed E-state index contributed by atoms with van der Waals surface area (Å²) in [6.07, 6.45) is 1.60. The van der Waals surface area contributed by atoms with E-state index in [2.05, 4.69) is 10.6 Å². The molecule has 1 aliphatic heterocycles. The fourth-order valence-electron chi connectivity index (χ4n) is 3.19. The van der Waals surface area contributed by atoms with Crippen molar-refractivity contribution in [1.29, 1.82) is 0 Å². The lowest BCUT2D eigenvalue weighted by Crippen LogP contribution is -2.42. The van der Waals surface area contributed by atoms with Crippen LogP contribution < -0.4 is 10.6 Å². The lowest BCUT2D eigenvalue weighted by Gasteiger charge is -2.21. The summed E-state index contributed by atoms with van der Waals surface area (Å²) in [6.45, 7) is 3.66. The van der Waals surface area contributed by atoms with Crippen LogP contribution >= 0.6 is 11.3 Å². The number of benzene rings is 1. The lowest BCUT2D eigenvalue weighted by atomic mass is 10.2. The first-order valence-electron chi connectivity index (χ1n) is 8.34. The highest BCUT2D eigenvalue weighted by molar-refractivity contribution is 7.20. The predicted molar refractivity (Wildman–Crippen MR) is 97.4 cm³/mol. The highest BCUT2D eigenvalue weighted by atomic mass is 32.1. The molecule has 2 atom stereocenters. The zero-order valence-corrected chi connectivity index (χ0v) is 14.9. The van der Waals surface area contributed by atoms with Crippen molar-refractivity contribution in [3.63, 3.8) is 0 Å². The predicted octanol–water partition coefficient (Wildman–Crippen LogP) is 2.23. The third-order valence-corrected chi connectivity index (χ3v) is 5.59. The van der Waals surface area contributed by atoms with Gasteiger partial charge in [0.15, 0.2) is 0 Å². The van der Waals surface area contributed by atoms with Crippen LogP contribution in [0.2, 0.25) is 0 Å². The molecule has 2 N–H and O–H groups in total. The highest BCUT2D eigenvalue weighted by Crippen LogP contribution is 2.26. The first-order chi connectivity index (χ1) is 11.6. The molecule has 6 heteroatoms. The minimum Gasteiger partial charge on any atom is -0.339 e.